The van der Waals surface area contributed by atoms with Gasteiger partial charge in [-0.25, -0.2) is 0 Å². The molecule has 19 heavy (non-hydrogen) atoms. The van der Waals surface area contributed by atoms with Crippen LogP contribution in [0.4, 0.5) is 0 Å². The summed E-state index contributed by atoms with van der Waals surface area (Å²) in [5.74, 6) is 0.837. The summed E-state index contributed by atoms with van der Waals surface area (Å²) in [7, 11) is 1.56. The maximum atomic E-state index is 9.08. The molecule has 0 bridgehead atoms. The first-order chi connectivity index (χ1) is 9.13. The molecule has 0 fully saturated rings. The highest BCUT2D eigenvalue weighted by molar-refractivity contribution is 6.34. The van der Waals surface area contributed by atoms with Gasteiger partial charge < -0.3 is 15.2 Å². The molecule has 1 aliphatic rings. The lowest BCUT2D eigenvalue weighted by atomic mass is 10.1. The highest BCUT2D eigenvalue weighted by Crippen LogP contribution is 2.31. The Kier molecular flexibility index (Phi) is 5.11. The maximum absolute atomic E-state index is 9.08. The summed E-state index contributed by atoms with van der Waals surface area (Å²) in [5.41, 5.74) is 0.938. The van der Waals surface area contributed by atoms with E-state index in [4.69, 9.17) is 33.0 Å². The number of halogens is 2. The van der Waals surface area contributed by atoms with Crippen LogP contribution >= 0.6 is 23.2 Å². The van der Waals surface area contributed by atoms with Crippen molar-refractivity contribution >= 4 is 23.2 Å². The van der Waals surface area contributed by atoms with E-state index in [1.54, 1.807) is 13.2 Å². The molecule has 0 aliphatic heterocycles. The van der Waals surface area contributed by atoms with E-state index < -0.39 is 0 Å². The van der Waals surface area contributed by atoms with E-state index in [-0.39, 0.29) is 18.6 Å². The zero-order valence-corrected chi connectivity index (χ0v) is 12.2. The Balaban J connectivity index is 1.97. The molecule has 0 unspecified atom stereocenters. The number of rotatable bonds is 5. The topological polar surface area (TPSA) is 41.5 Å². The van der Waals surface area contributed by atoms with E-state index in [9.17, 15) is 0 Å². The Hall–Kier alpha value is -0.740. The number of nitrogens with one attached hydrogen (secondary N) is 1. The van der Waals surface area contributed by atoms with Gasteiger partial charge >= 0.3 is 0 Å². The fraction of sp³-hybridized carbons (Fsp3) is 0.429. The minimum atomic E-state index is 0.198. The zero-order valence-electron chi connectivity index (χ0n) is 10.7. The van der Waals surface area contributed by atoms with Gasteiger partial charge in [-0.2, -0.15) is 0 Å². The Morgan fingerprint density at radius 3 is 2.74 bits per heavy atom. The van der Waals surface area contributed by atoms with Gasteiger partial charge in [0.1, 0.15) is 5.75 Å². The lowest BCUT2D eigenvalue weighted by Crippen LogP contribution is -2.26. The Morgan fingerprint density at radius 1 is 1.32 bits per heavy atom. The largest absolute Gasteiger partial charge is 0.495 e. The number of hydrogen-bond donors (Lipinski definition) is 2. The molecule has 2 rings (SSSR count). The number of ether oxygens (including phenoxy) is 1. The SMILES string of the molecule is COc1cc(Cl)c(CN[C@@H]2C=C[C@H](CO)C2)cc1Cl. The number of aliphatic hydroxyl groups excluding tert-OH is 1. The first-order valence-electron chi connectivity index (χ1n) is 6.18. The van der Waals surface area contributed by atoms with Crippen LogP contribution in [0.1, 0.15) is 12.0 Å². The van der Waals surface area contributed by atoms with E-state index in [2.05, 4.69) is 11.4 Å². The Bertz CT molecular complexity index is 477. The predicted octanol–water partition coefficient (Wildman–Crippen LogP) is 3.03. The Labute approximate surface area is 123 Å². The molecule has 0 amide bonds. The highest BCUT2D eigenvalue weighted by atomic mass is 35.5. The van der Waals surface area contributed by atoms with Gasteiger partial charge in [0.25, 0.3) is 0 Å². The first kappa shape index (κ1) is 14.7. The van der Waals surface area contributed by atoms with Crippen molar-refractivity contribution < 1.29 is 9.84 Å². The minimum absolute atomic E-state index is 0.198. The molecule has 0 saturated heterocycles. The number of benzene rings is 1. The molecule has 3 nitrogen and oxygen atoms in total. The van der Waals surface area contributed by atoms with Crippen molar-refractivity contribution in [2.45, 2.75) is 19.0 Å². The van der Waals surface area contributed by atoms with Crippen LogP contribution in [-0.2, 0) is 6.54 Å². The van der Waals surface area contributed by atoms with Gasteiger partial charge in [-0.3, -0.25) is 0 Å². The van der Waals surface area contributed by atoms with Gasteiger partial charge in [0, 0.05) is 36.2 Å². The summed E-state index contributed by atoms with van der Waals surface area (Å²) in [6, 6.07) is 3.81. The van der Waals surface area contributed by atoms with Crippen molar-refractivity contribution in [3.05, 3.63) is 39.9 Å². The van der Waals surface area contributed by atoms with Gasteiger partial charge in [-0.1, -0.05) is 35.4 Å². The molecule has 1 aliphatic carbocycles. The molecule has 104 valence electrons. The molecule has 0 saturated carbocycles. The zero-order chi connectivity index (χ0) is 13.8. The van der Waals surface area contributed by atoms with E-state index >= 15 is 0 Å². The third-order valence-corrected chi connectivity index (χ3v) is 3.93. The van der Waals surface area contributed by atoms with Gasteiger partial charge in [-0.05, 0) is 18.1 Å². The second-order valence-corrected chi connectivity index (χ2v) is 5.44. The van der Waals surface area contributed by atoms with E-state index in [0.29, 0.717) is 22.3 Å². The van der Waals surface area contributed by atoms with E-state index in [1.807, 2.05) is 12.1 Å². The first-order valence-corrected chi connectivity index (χ1v) is 6.94. The van der Waals surface area contributed by atoms with Crippen molar-refractivity contribution in [2.75, 3.05) is 13.7 Å². The smallest absolute Gasteiger partial charge is 0.138 e. The third-order valence-electron chi connectivity index (χ3n) is 3.28. The van der Waals surface area contributed by atoms with E-state index in [1.165, 1.54) is 0 Å². The van der Waals surface area contributed by atoms with Crippen LogP contribution in [0, 0.1) is 5.92 Å². The normalized spacial score (nSPS) is 21.9. The van der Waals surface area contributed by atoms with Crippen LogP contribution in [0.15, 0.2) is 24.3 Å². The van der Waals surface area contributed by atoms with Crippen LogP contribution in [0.25, 0.3) is 0 Å². The van der Waals surface area contributed by atoms with Gasteiger partial charge in [0.05, 0.1) is 12.1 Å². The van der Waals surface area contributed by atoms with Crippen LogP contribution in [0.2, 0.25) is 10.0 Å². The quantitative estimate of drug-likeness (QED) is 0.822. The molecule has 0 heterocycles. The average molecular weight is 302 g/mol. The lowest BCUT2D eigenvalue weighted by molar-refractivity contribution is 0.246. The highest BCUT2D eigenvalue weighted by Gasteiger charge is 2.18. The van der Waals surface area contributed by atoms with Crippen molar-refractivity contribution in [3.8, 4) is 5.75 Å². The molecular weight excluding hydrogens is 285 g/mol. The molecule has 0 radical (unpaired) electrons. The number of aliphatic hydroxyl groups is 1. The fourth-order valence-electron chi connectivity index (χ4n) is 2.16. The van der Waals surface area contributed by atoms with Crippen LogP contribution < -0.4 is 10.1 Å². The fourth-order valence-corrected chi connectivity index (χ4v) is 2.65. The molecule has 2 N–H and O–H groups in total. The van der Waals surface area contributed by atoms with Crippen LogP contribution in [0.3, 0.4) is 0 Å². The summed E-state index contributed by atoms with van der Waals surface area (Å²) in [4.78, 5) is 0. The van der Waals surface area contributed by atoms with E-state index in [0.717, 1.165) is 12.0 Å². The Morgan fingerprint density at radius 2 is 2.11 bits per heavy atom. The maximum Gasteiger partial charge on any atom is 0.138 e. The van der Waals surface area contributed by atoms with Crippen LogP contribution in [-0.4, -0.2) is 24.9 Å². The van der Waals surface area contributed by atoms with Gasteiger partial charge in [0.2, 0.25) is 0 Å². The summed E-state index contributed by atoms with van der Waals surface area (Å²) in [6.45, 7) is 0.833. The molecule has 1 aromatic carbocycles. The van der Waals surface area contributed by atoms with Gasteiger partial charge in [0.15, 0.2) is 0 Å². The van der Waals surface area contributed by atoms with Crippen molar-refractivity contribution in [3.63, 3.8) is 0 Å². The van der Waals surface area contributed by atoms with Crippen molar-refractivity contribution in [1.82, 2.24) is 5.32 Å². The monoisotopic (exact) mass is 301 g/mol. The summed E-state index contributed by atoms with van der Waals surface area (Å²) >= 11 is 12.3. The summed E-state index contributed by atoms with van der Waals surface area (Å²) in [5, 5.41) is 13.6. The standard InChI is InChI=1S/C14H17Cl2NO2/c1-19-14-6-12(15)10(5-13(14)16)7-17-11-3-2-9(4-11)8-18/h2-3,5-6,9,11,17-18H,4,7-8H2,1H3/t9-,11+/m0/s1. The van der Waals surface area contributed by atoms with Crippen LogP contribution in [0.5, 0.6) is 5.75 Å². The summed E-state index contributed by atoms with van der Waals surface area (Å²) < 4.78 is 5.11. The van der Waals surface area contributed by atoms with Crippen molar-refractivity contribution in [2.24, 2.45) is 5.92 Å². The molecular formula is C14H17Cl2NO2. The molecule has 0 spiro atoms. The molecule has 2 atom stereocenters. The summed E-state index contributed by atoms with van der Waals surface area (Å²) in [6.07, 6.45) is 5.04. The lowest BCUT2D eigenvalue weighted by Gasteiger charge is -2.14. The minimum Gasteiger partial charge on any atom is -0.495 e. The second-order valence-electron chi connectivity index (χ2n) is 4.63. The van der Waals surface area contributed by atoms with Crippen molar-refractivity contribution in [1.29, 1.82) is 0 Å². The second kappa shape index (κ2) is 6.62. The molecule has 5 heteroatoms. The molecule has 0 aromatic heterocycles. The molecule has 1 aromatic rings. The third kappa shape index (κ3) is 3.63. The predicted molar refractivity (Wildman–Crippen MR) is 78.0 cm³/mol. The number of hydrogen-bond acceptors (Lipinski definition) is 3. The van der Waals surface area contributed by atoms with Gasteiger partial charge in [-0.15, -0.1) is 0 Å². The number of methoxy groups -OCH3 is 1. The average Bonchev–Trinajstić information content (AvgIpc) is 2.87.